The van der Waals surface area contributed by atoms with Crippen molar-refractivity contribution in [2.24, 2.45) is 0 Å². The van der Waals surface area contributed by atoms with Crippen molar-refractivity contribution in [1.82, 2.24) is 14.9 Å². The lowest BCUT2D eigenvalue weighted by atomic mass is 10.2. The van der Waals surface area contributed by atoms with Crippen molar-refractivity contribution in [3.8, 4) is 0 Å². The maximum Gasteiger partial charge on any atom is 0.309 e. The number of carbonyl (C=O) groups excluding carboxylic acids is 2. The van der Waals surface area contributed by atoms with E-state index >= 15 is 0 Å². The third-order valence-electron chi connectivity index (χ3n) is 3.86. The summed E-state index contributed by atoms with van der Waals surface area (Å²) in [7, 11) is -3.95. The van der Waals surface area contributed by atoms with Gasteiger partial charge in [-0.15, -0.1) is 0 Å². The molecule has 2 rings (SSSR count). The Labute approximate surface area is 151 Å². The Balaban J connectivity index is 2.17. The first-order valence-corrected chi connectivity index (χ1v) is 9.67. The van der Waals surface area contributed by atoms with Crippen LogP contribution in [0.25, 0.3) is 0 Å². The number of rotatable bonds is 5. The topological polar surface area (TPSA) is 105 Å². The number of nitrogens with zero attached hydrogens (tertiary/aromatic N) is 1. The van der Waals surface area contributed by atoms with Crippen LogP contribution in [0.15, 0.2) is 23.1 Å². The molecule has 144 valence electrons. The molecule has 1 unspecified atom stereocenters. The molecule has 1 aromatic carbocycles. The van der Waals surface area contributed by atoms with Crippen molar-refractivity contribution >= 4 is 21.8 Å². The molecule has 0 saturated carbocycles. The van der Waals surface area contributed by atoms with E-state index in [1.165, 1.54) is 13.0 Å². The van der Waals surface area contributed by atoms with E-state index < -0.39 is 33.9 Å². The highest BCUT2D eigenvalue weighted by atomic mass is 32.2. The number of halogens is 1. The van der Waals surface area contributed by atoms with Gasteiger partial charge in [0.1, 0.15) is 12.0 Å². The number of benzene rings is 1. The van der Waals surface area contributed by atoms with Gasteiger partial charge in [0.05, 0.1) is 18.0 Å². The highest BCUT2D eigenvalue weighted by Gasteiger charge is 2.35. The zero-order chi connectivity index (χ0) is 19.3. The summed E-state index contributed by atoms with van der Waals surface area (Å²) in [4.78, 5) is 23.1. The molecule has 1 atom stereocenters. The number of amides is 2. The molecule has 1 aliphatic rings. The van der Waals surface area contributed by atoms with Crippen LogP contribution in [0.3, 0.4) is 0 Å². The van der Waals surface area contributed by atoms with Crippen LogP contribution < -0.4 is 10.6 Å². The quantitative estimate of drug-likeness (QED) is 0.699. The first-order valence-electron chi connectivity index (χ1n) is 8.23. The van der Waals surface area contributed by atoms with Crippen molar-refractivity contribution in [2.45, 2.75) is 31.4 Å². The standard InChI is InChI=1S/C16H22FN3O5S/c1-3-18-15(21)16(22)19-10-14-20(7-4-8-25-14)26(23,24)13-6-5-12(17)9-11(13)2/h5-6,9,14H,3-4,7-8,10H2,1-2H3,(H,18,21)(H,19,22). The number of hydrogen-bond acceptors (Lipinski definition) is 5. The van der Waals surface area contributed by atoms with Gasteiger partial charge < -0.3 is 15.4 Å². The van der Waals surface area contributed by atoms with E-state index in [1.54, 1.807) is 6.92 Å². The van der Waals surface area contributed by atoms with Crippen molar-refractivity contribution < 1.29 is 27.1 Å². The molecule has 1 saturated heterocycles. The summed E-state index contributed by atoms with van der Waals surface area (Å²) in [6.45, 7) is 3.84. The van der Waals surface area contributed by atoms with Crippen LogP contribution in [0, 0.1) is 12.7 Å². The van der Waals surface area contributed by atoms with Gasteiger partial charge in [0.2, 0.25) is 10.0 Å². The average molecular weight is 387 g/mol. The predicted molar refractivity (Wildman–Crippen MR) is 91.1 cm³/mol. The van der Waals surface area contributed by atoms with E-state index in [0.717, 1.165) is 16.4 Å². The minimum absolute atomic E-state index is 0.0237. The molecule has 1 fully saturated rings. The minimum atomic E-state index is -3.95. The van der Waals surface area contributed by atoms with Crippen LogP contribution in [0.1, 0.15) is 18.9 Å². The van der Waals surface area contributed by atoms with Crippen LogP contribution >= 0.6 is 0 Å². The molecule has 0 spiro atoms. The van der Waals surface area contributed by atoms with Gasteiger partial charge in [-0.05, 0) is 44.0 Å². The van der Waals surface area contributed by atoms with Crippen LogP contribution in [0.2, 0.25) is 0 Å². The lowest BCUT2D eigenvalue weighted by Gasteiger charge is -2.34. The van der Waals surface area contributed by atoms with Gasteiger partial charge in [-0.3, -0.25) is 9.59 Å². The Hall–Kier alpha value is -2.04. The summed E-state index contributed by atoms with van der Waals surface area (Å²) in [5.41, 5.74) is 0.278. The predicted octanol–water partition coefficient (Wildman–Crippen LogP) is 0.124. The Morgan fingerprint density at radius 1 is 1.31 bits per heavy atom. The van der Waals surface area contributed by atoms with E-state index in [9.17, 15) is 22.4 Å². The summed E-state index contributed by atoms with van der Waals surface area (Å²) in [5.74, 6) is -2.19. The van der Waals surface area contributed by atoms with Crippen LogP contribution in [-0.4, -0.2) is 57.0 Å². The molecule has 2 N–H and O–H groups in total. The van der Waals surface area contributed by atoms with Crippen molar-refractivity contribution in [1.29, 1.82) is 0 Å². The molecule has 10 heteroatoms. The fraction of sp³-hybridized carbons (Fsp3) is 0.500. The summed E-state index contributed by atoms with van der Waals surface area (Å²) in [6, 6.07) is 3.43. The van der Waals surface area contributed by atoms with E-state index in [-0.39, 0.29) is 23.5 Å². The molecule has 0 radical (unpaired) electrons. The highest BCUT2D eigenvalue weighted by Crippen LogP contribution is 2.25. The molecule has 0 aliphatic carbocycles. The van der Waals surface area contributed by atoms with Crippen molar-refractivity contribution in [3.05, 3.63) is 29.6 Å². The van der Waals surface area contributed by atoms with Gasteiger partial charge >= 0.3 is 11.8 Å². The molecule has 0 bridgehead atoms. The average Bonchev–Trinajstić information content (AvgIpc) is 2.59. The molecule has 2 amide bonds. The molecule has 8 nitrogen and oxygen atoms in total. The fourth-order valence-corrected chi connectivity index (χ4v) is 4.41. The highest BCUT2D eigenvalue weighted by molar-refractivity contribution is 7.89. The number of carbonyl (C=O) groups is 2. The first kappa shape index (κ1) is 20.3. The minimum Gasteiger partial charge on any atom is -0.360 e. The van der Waals surface area contributed by atoms with Gasteiger partial charge in [0.25, 0.3) is 0 Å². The number of nitrogens with one attached hydrogen (secondary N) is 2. The molecule has 1 heterocycles. The Morgan fingerprint density at radius 3 is 2.65 bits per heavy atom. The van der Waals surface area contributed by atoms with E-state index in [0.29, 0.717) is 19.6 Å². The maximum absolute atomic E-state index is 13.3. The lowest BCUT2D eigenvalue weighted by molar-refractivity contribution is -0.140. The summed E-state index contributed by atoms with van der Waals surface area (Å²) >= 11 is 0. The Bertz CT molecular complexity index is 784. The first-order chi connectivity index (χ1) is 12.3. The summed E-state index contributed by atoms with van der Waals surface area (Å²) in [5, 5.41) is 4.73. The molecule has 1 aliphatic heterocycles. The van der Waals surface area contributed by atoms with Gasteiger partial charge in [-0.1, -0.05) is 0 Å². The van der Waals surface area contributed by atoms with Crippen molar-refractivity contribution in [3.63, 3.8) is 0 Å². The van der Waals surface area contributed by atoms with E-state index in [4.69, 9.17) is 4.74 Å². The molecule has 0 aromatic heterocycles. The second kappa shape index (κ2) is 8.56. The van der Waals surface area contributed by atoms with E-state index in [1.807, 2.05) is 0 Å². The van der Waals surface area contributed by atoms with Crippen LogP contribution in [-0.2, 0) is 24.3 Å². The number of ether oxygens (including phenoxy) is 1. The van der Waals surface area contributed by atoms with Crippen molar-refractivity contribution in [2.75, 3.05) is 26.2 Å². The largest absolute Gasteiger partial charge is 0.360 e. The van der Waals surface area contributed by atoms with Gasteiger partial charge in [-0.2, -0.15) is 4.31 Å². The van der Waals surface area contributed by atoms with Gasteiger partial charge in [0, 0.05) is 13.1 Å². The van der Waals surface area contributed by atoms with Gasteiger partial charge in [-0.25, -0.2) is 12.8 Å². The third-order valence-corrected chi connectivity index (χ3v) is 5.91. The van der Waals surface area contributed by atoms with E-state index in [2.05, 4.69) is 10.6 Å². The Morgan fingerprint density at radius 2 is 2.00 bits per heavy atom. The zero-order valence-electron chi connectivity index (χ0n) is 14.6. The third kappa shape index (κ3) is 4.57. The smallest absolute Gasteiger partial charge is 0.309 e. The second-order valence-electron chi connectivity index (χ2n) is 5.77. The molecule has 1 aromatic rings. The number of aryl methyl sites for hydroxylation is 1. The lowest BCUT2D eigenvalue weighted by Crippen LogP contribution is -2.53. The second-order valence-corrected chi connectivity index (χ2v) is 7.63. The summed E-state index contributed by atoms with van der Waals surface area (Å²) in [6.07, 6.45) is -0.461. The molecular weight excluding hydrogens is 365 g/mol. The number of sulfonamides is 1. The van der Waals surface area contributed by atoms with Crippen LogP contribution in [0.4, 0.5) is 4.39 Å². The molecular formula is C16H22FN3O5S. The Kier molecular flexibility index (Phi) is 6.68. The zero-order valence-corrected chi connectivity index (χ0v) is 15.4. The monoisotopic (exact) mass is 387 g/mol. The normalized spacial score (nSPS) is 18.3. The van der Waals surface area contributed by atoms with Gasteiger partial charge in [0.15, 0.2) is 0 Å². The maximum atomic E-state index is 13.3. The fourth-order valence-electron chi connectivity index (χ4n) is 2.63. The van der Waals surface area contributed by atoms with Crippen LogP contribution in [0.5, 0.6) is 0 Å². The number of likely N-dealkylation sites (N-methyl/N-ethyl adjacent to an activating group) is 1. The SMILES string of the molecule is CCNC(=O)C(=O)NCC1OCCCN1S(=O)(=O)c1ccc(F)cc1C. The number of hydrogen-bond donors (Lipinski definition) is 2. The summed E-state index contributed by atoms with van der Waals surface area (Å²) < 4.78 is 45.8. The molecule has 26 heavy (non-hydrogen) atoms.